The smallest absolute Gasteiger partial charge is 0.256 e. The lowest BCUT2D eigenvalue weighted by Crippen LogP contribution is -2.39. The van der Waals surface area contributed by atoms with Crippen LogP contribution >= 0.6 is 12.2 Å². The van der Waals surface area contributed by atoms with Crippen LogP contribution in [0.4, 0.5) is 11.4 Å². The first-order chi connectivity index (χ1) is 18.3. The summed E-state index contributed by atoms with van der Waals surface area (Å²) in [7, 11) is 4.76. The first-order valence-electron chi connectivity index (χ1n) is 12.2. The van der Waals surface area contributed by atoms with Gasteiger partial charge in [-0.1, -0.05) is 23.8 Å². The van der Waals surface area contributed by atoms with Crippen molar-refractivity contribution in [3.63, 3.8) is 0 Å². The lowest BCUT2D eigenvalue weighted by molar-refractivity contribution is -0.124. The zero-order chi connectivity index (χ0) is 27.2. The highest BCUT2D eigenvalue weighted by Gasteiger charge is 2.43. The molecule has 1 aliphatic rings. The number of carbonyl (C=O) groups is 2. The number of hydrogen-bond donors (Lipinski definition) is 1. The fourth-order valence-corrected chi connectivity index (χ4v) is 4.78. The minimum absolute atomic E-state index is 0.0424. The van der Waals surface area contributed by atoms with Crippen molar-refractivity contribution in [3.05, 3.63) is 77.9 Å². The van der Waals surface area contributed by atoms with Crippen LogP contribution in [0, 0.1) is 6.92 Å². The maximum atomic E-state index is 13.6. The monoisotopic (exact) mass is 533 g/mol. The molecule has 38 heavy (non-hydrogen) atoms. The molecule has 0 aliphatic carbocycles. The number of nitrogens with zero attached hydrogens (tertiary/aromatic N) is 2. The standard InChI is InChI=1S/C29H31N3O5S/c1-19-5-10-22(11-6-19)32-28(34)24(18-27(33)30-21-8-12-23(35-2)13-9-21)31(29(32)38)16-15-20-7-14-25(36-3)26(17-20)37-4/h5-14,17,24H,15-16,18H2,1-4H3,(H,30,33)/t24-/m1/s1. The van der Waals surface area contributed by atoms with E-state index in [-0.39, 0.29) is 18.2 Å². The second kappa shape index (κ2) is 12.0. The third-order valence-electron chi connectivity index (χ3n) is 6.45. The summed E-state index contributed by atoms with van der Waals surface area (Å²) in [4.78, 5) is 30.0. The lowest BCUT2D eigenvalue weighted by Gasteiger charge is -2.24. The van der Waals surface area contributed by atoms with Gasteiger partial charge in [0, 0.05) is 12.2 Å². The Kier molecular flexibility index (Phi) is 8.48. The Morgan fingerprint density at radius 1 is 0.921 bits per heavy atom. The van der Waals surface area contributed by atoms with Crippen LogP contribution in [0.1, 0.15) is 17.5 Å². The van der Waals surface area contributed by atoms with Crippen molar-refractivity contribution in [2.45, 2.75) is 25.8 Å². The van der Waals surface area contributed by atoms with E-state index >= 15 is 0 Å². The van der Waals surface area contributed by atoms with Crippen molar-refractivity contribution in [2.75, 3.05) is 38.1 Å². The van der Waals surface area contributed by atoms with Crippen molar-refractivity contribution in [1.29, 1.82) is 0 Å². The van der Waals surface area contributed by atoms with Gasteiger partial charge >= 0.3 is 0 Å². The second-order valence-corrected chi connectivity index (χ2v) is 9.29. The molecule has 0 bridgehead atoms. The van der Waals surface area contributed by atoms with E-state index in [0.717, 1.165) is 11.1 Å². The number of aryl methyl sites for hydroxylation is 1. The Labute approximate surface area is 228 Å². The predicted molar refractivity (Wildman–Crippen MR) is 151 cm³/mol. The number of ether oxygens (including phenoxy) is 3. The van der Waals surface area contributed by atoms with Gasteiger partial charge in [-0.25, -0.2) is 0 Å². The maximum absolute atomic E-state index is 13.6. The molecule has 1 atom stereocenters. The van der Waals surface area contributed by atoms with Crippen molar-refractivity contribution < 1.29 is 23.8 Å². The van der Waals surface area contributed by atoms with Gasteiger partial charge in [0.1, 0.15) is 11.8 Å². The number of thiocarbonyl (C=S) groups is 1. The van der Waals surface area contributed by atoms with E-state index in [2.05, 4.69) is 5.32 Å². The Hall–Kier alpha value is -4.11. The highest BCUT2D eigenvalue weighted by Crippen LogP contribution is 2.30. The van der Waals surface area contributed by atoms with Crippen molar-refractivity contribution >= 4 is 40.5 Å². The highest BCUT2D eigenvalue weighted by molar-refractivity contribution is 7.80. The largest absolute Gasteiger partial charge is 0.497 e. The van der Waals surface area contributed by atoms with Crippen LogP contribution in [-0.2, 0) is 16.0 Å². The van der Waals surface area contributed by atoms with Gasteiger partial charge in [-0.15, -0.1) is 0 Å². The molecular weight excluding hydrogens is 502 g/mol. The summed E-state index contributed by atoms with van der Waals surface area (Å²) in [5.41, 5.74) is 3.37. The van der Waals surface area contributed by atoms with Gasteiger partial charge in [0.05, 0.1) is 33.4 Å². The van der Waals surface area contributed by atoms with Gasteiger partial charge in [0.15, 0.2) is 16.6 Å². The summed E-state index contributed by atoms with van der Waals surface area (Å²) in [6, 6.07) is 19.6. The molecular formula is C29H31N3O5S. The van der Waals surface area contributed by atoms with E-state index in [1.165, 1.54) is 4.90 Å². The molecule has 1 aliphatic heterocycles. The average molecular weight is 534 g/mol. The highest BCUT2D eigenvalue weighted by atomic mass is 32.1. The SMILES string of the molecule is COc1ccc(NC(=O)C[C@@H]2C(=O)N(c3ccc(C)cc3)C(=S)N2CCc2ccc(OC)c(OC)c2)cc1. The molecule has 1 fully saturated rings. The third kappa shape index (κ3) is 5.89. The Morgan fingerprint density at radius 2 is 1.61 bits per heavy atom. The first-order valence-corrected chi connectivity index (χ1v) is 12.6. The van der Waals surface area contributed by atoms with Crippen LogP contribution in [0.2, 0.25) is 0 Å². The molecule has 0 saturated carbocycles. The maximum Gasteiger partial charge on any atom is 0.256 e. The van der Waals surface area contributed by atoms with Crippen molar-refractivity contribution in [3.8, 4) is 17.2 Å². The molecule has 1 N–H and O–H groups in total. The number of nitrogens with one attached hydrogen (secondary N) is 1. The van der Waals surface area contributed by atoms with Gasteiger partial charge < -0.3 is 24.4 Å². The normalized spacial score (nSPS) is 15.0. The van der Waals surface area contributed by atoms with Gasteiger partial charge in [0.25, 0.3) is 5.91 Å². The molecule has 1 heterocycles. The van der Waals surface area contributed by atoms with Crippen molar-refractivity contribution in [2.24, 2.45) is 0 Å². The van der Waals surface area contributed by atoms with Crippen LogP contribution in [0.3, 0.4) is 0 Å². The molecule has 0 unspecified atom stereocenters. The van der Waals surface area contributed by atoms with Gasteiger partial charge in [-0.05, 0) is 79.7 Å². The summed E-state index contributed by atoms with van der Waals surface area (Å²) < 4.78 is 15.9. The fourth-order valence-electron chi connectivity index (χ4n) is 4.37. The van der Waals surface area contributed by atoms with Crippen LogP contribution in [0.5, 0.6) is 17.2 Å². The van der Waals surface area contributed by atoms with E-state index in [4.69, 9.17) is 26.4 Å². The number of methoxy groups -OCH3 is 3. The molecule has 9 heteroatoms. The molecule has 0 aromatic heterocycles. The van der Waals surface area contributed by atoms with E-state index in [9.17, 15) is 9.59 Å². The topological polar surface area (TPSA) is 80.3 Å². The van der Waals surface area contributed by atoms with Crippen LogP contribution in [0.15, 0.2) is 66.7 Å². The van der Waals surface area contributed by atoms with E-state index in [0.29, 0.717) is 46.7 Å². The van der Waals surface area contributed by atoms with Crippen LogP contribution < -0.4 is 24.4 Å². The second-order valence-electron chi connectivity index (χ2n) is 8.92. The number of carbonyl (C=O) groups excluding carboxylic acids is 2. The molecule has 3 aromatic carbocycles. The number of amides is 2. The molecule has 8 nitrogen and oxygen atoms in total. The minimum Gasteiger partial charge on any atom is -0.497 e. The molecule has 0 radical (unpaired) electrons. The number of hydrogen-bond acceptors (Lipinski definition) is 6. The summed E-state index contributed by atoms with van der Waals surface area (Å²) in [6.45, 7) is 2.43. The fraction of sp³-hybridized carbons (Fsp3) is 0.276. The third-order valence-corrected chi connectivity index (χ3v) is 6.87. The molecule has 2 amide bonds. The first kappa shape index (κ1) is 26.9. The summed E-state index contributed by atoms with van der Waals surface area (Å²) >= 11 is 5.79. The lowest BCUT2D eigenvalue weighted by atomic mass is 10.1. The number of anilines is 2. The Balaban J connectivity index is 1.55. The minimum atomic E-state index is -0.734. The van der Waals surface area contributed by atoms with E-state index < -0.39 is 6.04 Å². The molecule has 1 saturated heterocycles. The summed E-state index contributed by atoms with van der Waals surface area (Å²) in [6.07, 6.45) is 0.547. The number of benzene rings is 3. The number of rotatable bonds is 10. The van der Waals surface area contributed by atoms with E-state index in [1.807, 2.05) is 54.3 Å². The summed E-state index contributed by atoms with van der Waals surface area (Å²) in [5.74, 6) is 1.45. The van der Waals surface area contributed by atoms with E-state index in [1.54, 1.807) is 45.6 Å². The van der Waals surface area contributed by atoms with Gasteiger partial charge in [0.2, 0.25) is 5.91 Å². The summed E-state index contributed by atoms with van der Waals surface area (Å²) in [5, 5.41) is 3.25. The Bertz CT molecular complexity index is 1310. The average Bonchev–Trinajstić information content (AvgIpc) is 3.16. The quantitative estimate of drug-likeness (QED) is 0.382. The zero-order valence-electron chi connectivity index (χ0n) is 21.9. The van der Waals surface area contributed by atoms with Crippen molar-refractivity contribution in [1.82, 2.24) is 4.90 Å². The van der Waals surface area contributed by atoms with Crippen LogP contribution in [0.25, 0.3) is 0 Å². The molecule has 3 aromatic rings. The molecule has 198 valence electrons. The Morgan fingerprint density at radius 3 is 2.24 bits per heavy atom. The molecule has 4 rings (SSSR count). The molecule has 0 spiro atoms. The van der Waals surface area contributed by atoms with Gasteiger partial charge in [-0.2, -0.15) is 0 Å². The van der Waals surface area contributed by atoms with Gasteiger partial charge in [-0.3, -0.25) is 14.5 Å². The van der Waals surface area contributed by atoms with Crippen LogP contribution in [-0.4, -0.2) is 55.7 Å². The predicted octanol–water partition coefficient (Wildman–Crippen LogP) is 4.59. The zero-order valence-corrected chi connectivity index (χ0v) is 22.7.